The SMILES string of the molecule is C.C.C.C.Cc1cccc(C)c1OP(=O)(Oc1ccc(-c2ccc(OP(=O)(Oc3c(C)cccc3C)Oc3c(C)cccc3C)cc2)cc1)Oc1c(C)cccc1C.O=P(Oc1ccccc1)(Oc1ccccc1)Oc1ccc(-c2ccc(OP(=O)(Oc3ccccc3)Oc3ccccc3)cc2)cc1. The first kappa shape index (κ1) is 80.5. The molecule has 0 aliphatic rings. The molecular formula is C84H88O16P4. The molecule has 0 amide bonds. The number of hydrogen-bond acceptors (Lipinski definition) is 16. The average Bonchev–Trinajstić information content (AvgIpc) is 0.811. The quantitative estimate of drug-likeness (QED) is 0.0467. The van der Waals surface area contributed by atoms with Gasteiger partial charge in [-0.15, -0.1) is 0 Å². The highest BCUT2D eigenvalue weighted by Gasteiger charge is 2.38. The van der Waals surface area contributed by atoms with E-state index in [-0.39, 0.29) is 41.2 Å². The highest BCUT2D eigenvalue weighted by Crippen LogP contribution is 2.56. The van der Waals surface area contributed by atoms with Crippen LogP contribution >= 0.6 is 31.3 Å². The monoisotopic (exact) mass is 1480 g/mol. The van der Waals surface area contributed by atoms with Crippen LogP contribution in [0.15, 0.2) is 291 Å². The van der Waals surface area contributed by atoms with Gasteiger partial charge in [0, 0.05) is 0 Å². The molecular weight excluding hydrogens is 1390 g/mol. The second kappa shape index (κ2) is 36.3. The first-order chi connectivity index (χ1) is 48.2. The third kappa shape index (κ3) is 21.6. The predicted octanol–water partition coefficient (Wildman–Crippen LogP) is 26.3. The molecule has 0 radical (unpaired) electrons. The molecule has 104 heavy (non-hydrogen) atoms. The van der Waals surface area contributed by atoms with Gasteiger partial charge in [0.1, 0.15) is 69.0 Å². The zero-order valence-electron chi connectivity index (χ0n) is 56.0. The fraction of sp³-hybridized carbons (Fsp3) is 0.143. The van der Waals surface area contributed by atoms with Crippen molar-refractivity contribution in [1.29, 1.82) is 0 Å². The molecule has 0 unspecified atom stereocenters. The molecule has 20 heteroatoms. The summed E-state index contributed by atoms with van der Waals surface area (Å²) in [4.78, 5) is 0. The molecule has 0 saturated heterocycles. The molecule has 12 rings (SSSR count). The molecule has 16 nitrogen and oxygen atoms in total. The molecule has 12 aromatic rings. The van der Waals surface area contributed by atoms with E-state index in [0.717, 1.165) is 66.8 Å². The van der Waals surface area contributed by atoms with E-state index in [0.29, 0.717) is 57.5 Å². The number of phosphoric ester groups is 4. The van der Waals surface area contributed by atoms with Crippen molar-refractivity contribution in [2.24, 2.45) is 0 Å². The van der Waals surface area contributed by atoms with E-state index < -0.39 is 31.3 Å². The molecule has 0 fully saturated rings. The van der Waals surface area contributed by atoms with Gasteiger partial charge in [-0.1, -0.05) is 224 Å². The number of hydrogen-bond donors (Lipinski definition) is 0. The Morgan fingerprint density at radius 2 is 0.298 bits per heavy atom. The van der Waals surface area contributed by atoms with Crippen LogP contribution in [0.1, 0.15) is 74.2 Å². The molecule has 0 aliphatic carbocycles. The maximum absolute atomic E-state index is 14.4. The second-order valence-corrected chi connectivity index (χ2v) is 28.9. The van der Waals surface area contributed by atoms with Crippen LogP contribution in [-0.2, 0) is 18.3 Å². The lowest BCUT2D eigenvalue weighted by Crippen LogP contribution is -2.10. The molecule has 0 atom stereocenters. The van der Waals surface area contributed by atoms with Gasteiger partial charge < -0.3 is 54.3 Å². The zero-order chi connectivity index (χ0) is 70.3. The topological polar surface area (TPSA) is 179 Å². The summed E-state index contributed by atoms with van der Waals surface area (Å²) >= 11 is 0. The summed E-state index contributed by atoms with van der Waals surface area (Å²) in [6, 6.07) is 85.5. The lowest BCUT2D eigenvalue weighted by molar-refractivity contribution is 0.294. The van der Waals surface area contributed by atoms with E-state index in [1.54, 1.807) is 146 Å². The van der Waals surface area contributed by atoms with Gasteiger partial charge in [-0.05, 0) is 219 Å². The Morgan fingerprint density at radius 1 is 0.163 bits per heavy atom. The van der Waals surface area contributed by atoms with Crippen LogP contribution in [0.5, 0.6) is 69.0 Å². The Morgan fingerprint density at radius 3 is 0.452 bits per heavy atom. The number of phosphoric acid groups is 4. The first-order valence-corrected chi connectivity index (χ1v) is 37.6. The van der Waals surface area contributed by atoms with E-state index in [1.165, 1.54) is 0 Å². The molecule has 12 aromatic carbocycles. The van der Waals surface area contributed by atoms with Gasteiger partial charge in [-0.25, -0.2) is 0 Å². The predicted molar refractivity (Wildman–Crippen MR) is 418 cm³/mol. The highest BCUT2D eigenvalue weighted by atomic mass is 31.2. The van der Waals surface area contributed by atoms with Crippen molar-refractivity contribution in [2.45, 2.75) is 85.1 Å². The van der Waals surface area contributed by atoms with Gasteiger partial charge in [0.05, 0.1) is 0 Å². The summed E-state index contributed by atoms with van der Waals surface area (Å²) in [6.07, 6.45) is 0. The van der Waals surface area contributed by atoms with Gasteiger partial charge in [0.25, 0.3) is 0 Å². The van der Waals surface area contributed by atoms with E-state index in [2.05, 4.69) is 0 Å². The Labute approximate surface area is 612 Å². The number of rotatable bonds is 26. The third-order valence-corrected chi connectivity index (χ3v) is 20.3. The van der Waals surface area contributed by atoms with Crippen molar-refractivity contribution in [2.75, 3.05) is 0 Å². The Bertz CT molecular complexity index is 4330. The first-order valence-electron chi connectivity index (χ1n) is 31.8. The van der Waals surface area contributed by atoms with Crippen molar-refractivity contribution in [3.8, 4) is 91.2 Å². The molecule has 0 N–H and O–H groups in total. The molecule has 0 saturated carbocycles. The minimum absolute atomic E-state index is 0. The fourth-order valence-electron chi connectivity index (χ4n) is 10.2. The number of benzene rings is 12. The molecule has 0 bridgehead atoms. The average molecular weight is 1480 g/mol. The smallest absolute Gasteiger partial charge is 0.386 e. The summed E-state index contributed by atoms with van der Waals surface area (Å²) in [6.45, 7) is 15.0. The Hall–Kier alpha value is -10.8. The van der Waals surface area contributed by atoms with Gasteiger partial charge in [0.15, 0.2) is 0 Å². The van der Waals surface area contributed by atoms with Crippen molar-refractivity contribution in [3.63, 3.8) is 0 Å². The molecule has 0 spiro atoms. The van der Waals surface area contributed by atoms with E-state index >= 15 is 0 Å². The van der Waals surface area contributed by atoms with Gasteiger partial charge >= 0.3 is 31.3 Å². The lowest BCUT2D eigenvalue weighted by Gasteiger charge is -2.23. The molecule has 0 aliphatic heterocycles. The maximum Gasteiger partial charge on any atom is 0.647 e. The minimum Gasteiger partial charge on any atom is -0.386 e. The summed E-state index contributed by atoms with van der Waals surface area (Å²) in [5, 5.41) is 0. The van der Waals surface area contributed by atoms with Crippen molar-refractivity contribution in [1.82, 2.24) is 0 Å². The van der Waals surface area contributed by atoms with Gasteiger partial charge in [0.2, 0.25) is 0 Å². The highest BCUT2D eigenvalue weighted by molar-refractivity contribution is 7.50. The van der Waals surface area contributed by atoms with Crippen LogP contribution in [0, 0.1) is 55.4 Å². The maximum atomic E-state index is 14.4. The van der Waals surface area contributed by atoms with E-state index in [1.807, 2.05) is 201 Å². The summed E-state index contributed by atoms with van der Waals surface area (Å²) in [7, 11) is -16.7. The van der Waals surface area contributed by atoms with E-state index in [9.17, 15) is 18.3 Å². The normalized spacial score (nSPS) is 10.9. The summed E-state index contributed by atoms with van der Waals surface area (Å²) in [5.74, 6) is 4.30. The summed E-state index contributed by atoms with van der Waals surface area (Å²) < 4.78 is 127. The van der Waals surface area contributed by atoms with Crippen LogP contribution < -0.4 is 54.3 Å². The van der Waals surface area contributed by atoms with E-state index in [4.69, 9.17) is 54.3 Å². The second-order valence-electron chi connectivity index (χ2n) is 23.1. The van der Waals surface area contributed by atoms with Crippen molar-refractivity contribution in [3.05, 3.63) is 336 Å². The fourth-order valence-corrected chi connectivity index (χ4v) is 15.8. The lowest BCUT2D eigenvalue weighted by atomic mass is 10.1. The van der Waals surface area contributed by atoms with Crippen LogP contribution in [0.2, 0.25) is 0 Å². The standard InChI is InChI=1S/C44H44O8P2.C36H28O8P2.4CH4/c1-29-13-9-14-30(2)41(29)49-53(45,50-42-31(3)15-10-16-32(42)4)47-39-25-21-37(22-26-39)38-23-27-40(28-24-38)48-54(46,51-43-33(5)17-11-18-34(43)6)52-44-35(7)19-12-20-36(44)8;37-45(39-31-13-5-1-6-14-31,40-32-15-7-2-8-16-32)43-35-25-21-29(22-26-35)30-23-27-36(28-24-30)44-46(38,41-33-17-9-3-10-18-33)42-34-19-11-4-12-20-34;;;;/h9-28H,1-8H3;1-28H;4*1H4. The number of para-hydroxylation sites is 8. The molecule has 0 heterocycles. The van der Waals surface area contributed by atoms with Crippen LogP contribution in [0.3, 0.4) is 0 Å². The Kier molecular flexibility index (Phi) is 28.1. The van der Waals surface area contributed by atoms with Crippen molar-refractivity contribution >= 4 is 31.3 Å². The summed E-state index contributed by atoms with van der Waals surface area (Å²) in [5.41, 5.74) is 9.79. The molecule has 0 aromatic heterocycles. The van der Waals surface area contributed by atoms with Crippen LogP contribution in [0.4, 0.5) is 0 Å². The van der Waals surface area contributed by atoms with Crippen molar-refractivity contribution < 1.29 is 72.5 Å². The largest absolute Gasteiger partial charge is 0.647 e. The van der Waals surface area contributed by atoms with Gasteiger partial charge in [-0.3, -0.25) is 0 Å². The van der Waals surface area contributed by atoms with Crippen LogP contribution in [-0.4, -0.2) is 0 Å². The third-order valence-electron chi connectivity index (χ3n) is 15.2. The van der Waals surface area contributed by atoms with Gasteiger partial charge in [-0.2, -0.15) is 18.3 Å². The molecule has 540 valence electrons. The zero-order valence-corrected chi connectivity index (χ0v) is 59.6. The Balaban J connectivity index is 0.000000283. The van der Waals surface area contributed by atoms with Crippen LogP contribution in [0.25, 0.3) is 22.3 Å². The minimum atomic E-state index is -4.24. The number of aryl methyl sites for hydroxylation is 8.